The number of hydrogen-bond donors (Lipinski definition) is 0. The Hall–Kier alpha value is -0.550. The van der Waals surface area contributed by atoms with Gasteiger partial charge in [-0.25, -0.2) is 0 Å². The highest BCUT2D eigenvalue weighted by atomic mass is 15.2. The van der Waals surface area contributed by atoms with Gasteiger partial charge in [0.1, 0.15) is 0 Å². The predicted octanol–water partition coefficient (Wildman–Crippen LogP) is 3.44. The molecular formula is C13H26N2. The molecule has 1 saturated heterocycles. The van der Waals surface area contributed by atoms with Crippen LogP contribution in [0.1, 0.15) is 53.9 Å². The van der Waals surface area contributed by atoms with E-state index in [4.69, 9.17) is 5.26 Å². The van der Waals surface area contributed by atoms with Gasteiger partial charge in [0.05, 0.1) is 12.0 Å². The normalized spacial score (nSPS) is 19.7. The second-order valence-corrected chi connectivity index (χ2v) is 4.55. The van der Waals surface area contributed by atoms with E-state index < -0.39 is 0 Å². The van der Waals surface area contributed by atoms with E-state index in [1.807, 2.05) is 20.8 Å². The Balaban J connectivity index is 0.000000921. The van der Waals surface area contributed by atoms with E-state index in [9.17, 15) is 0 Å². The van der Waals surface area contributed by atoms with Crippen LogP contribution in [0.5, 0.6) is 0 Å². The molecule has 1 aliphatic rings. The minimum absolute atomic E-state index is 0.0508. The summed E-state index contributed by atoms with van der Waals surface area (Å²) in [4.78, 5) is 2.46. The van der Waals surface area contributed by atoms with Crippen LogP contribution in [0.25, 0.3) is 0 Å². The number of nitriles is 1. The summed E-state index contributed by atoms with van der Waals surface area (Å²) in [5.41, 5.74) is 0.0508. The monoisotopic (exact) mass is 210 g/mol. The van der Waals surface area contributed by atoms with Crippen LogP contribution in [0.3, 0.4) is 0 Å². The lowest BCUT2D eigenvalue weighted by Crippen LogP contribution is -2.50. The molecule has 0 amide bonds. The minimum atomic E-state index is 0.0508. The van der Waals surface area contributed by atoms with Crippen LogP contribution in [0.4, 0.5) is 0 Å². The zero-order valence-corrected chi connectivity index (χ0v) is 11.0. The predicted molar refractivity (Wildman–Crippen MR) is 65.6 cm³/mol. The van der Waals surface area contributed by atoms with Gasteiger partial charge in [-0.1, -0.05) is 20.3 Å². The van der Waals surface area contributed by atoms with Crippen LogP contribution < -0.4 is 0 Å². The summed E-state index contributed by atoms with van der Waals surface area (Å²) in [5, 5.41) is 8.92. The van der Waals surface area contributed by atoms with Crippen molar-refractivity contribution in [2.75, 3.05) is 13.1 Å². The maximum absolute atomic E-state index is 8.92. The molecule has 1 heterocycles. The molecule has 0 radical (unpaired) electrons. The molecule has 0 saturated carbocycles. The van der Waals surface area contributed by atoms with Crippen molar-refractivity contribution in [1.82, 2.24) is 4.90 Å². The largest absolute Gasteiger partial charge is 0.297 e. The standard InChI is InChI=1S/C11H20N2.C2H6/c1-10(9-12)11(2,3)13-7-5-4-6-8-13;1-2/h10H,4-8H2,1-3H3;1-2H3. The van der Waals surface area contributed by atoms with Crippen molar-refractivity contribution in [3.8, 4) is 6.07 Å². The number of nitrogens with zero attached hydrogens (tertiary/aromatic N) is 2. The van der Waals surface area contributed by atoms with Gasteiger partial charge in [-0.2, -0.15) is 5.26 Å². The summed E-state index contributed by atoms with van der Waals surface area (Å²) in [5.74, 6) is 0.116. The molecule has 1 aliphatic heterocycles. The number of piperidine rings is 1. The van der Waals surface area contributed by atoms with Gasteiger partial charge < -0.3 is 0 Å². The van der Waals surface area contributed by atoms with Crippen molar-refractivity contribution < 1.29 is 0 Å². The Bertz CT molecular complexity index is 197. The summed E-state index contributed by atoms with van der Waals surface area (Å²) < 4.78 is 0. The smallest absolute Gasteiger partial charge is 0.0672 e. The highest BCUT2D eigenvalue weighted by molar-refractivity contribution is 4.98. The summed E-state index contributed by atoms with van der Waals surface area (Å²) in [6.07, 6.45) is 3.94. The van der Waals surface area contributed by atoms with Crippen molar-refractivity contribution in [1.29, 1.82) is 5.26 Å². The highest BCUT2D eigenvalue weighted by Gasteiger charge is 2.33. The molecule has 0 aliphatic carbocycles. The van der Waals surface area contributed by atoms with E-state index in [-0.39, 0.29) is 11.5 Å². The number of hydrogen-bond acceptors (Lipinski definition) is 2. The molecule has 1 atom stereocenters. The summed E-state index contributed by atoms with van der Waals surface area (Å²) in [6.45, 7) is 12.7. The Morgan fingerprint density at radius 1 is 1.13 bits per heavy atom. The van der Waals surface area contributed by atoms with Gasteiger partial charge >= 0.3 is 0 Å². The van der Waals surface area contributed by atoms with Crippen LogP contribution in [0.15, 0.2) is 0 Å². The Morgan fingerprint density at radius 3 is 2.00 bits per heavy atom. The molecule has 2 heteroatoms. The maximum Gasteiger partial charge on any atom is 0.0672 e. The topological polar surface area (TPSA) is 27.0 Å². The van der Waals surface area contributed by atoms with Crippen molar-refractivity contribution in [3.63, 3.8) is 0 Å². The third-order valence-corrected chi connectivity index (χ3v) is 3.42. The molecule has 0 N–H and O–H groups in total. The van der Waals surface area contributed by atoms with Crippen LogP contribution in [-0.4, -0.2) is 23.5 Å². The Labute approximate surface area is 95.3 Å². The SMILES string of the molecule is CC.CC(C#N)C(C)(C)N1CCCCC1. The maximum atomic E-state index is 8.92. The Kier molecular flexibility index (Phi) is 6.60. The molecule has 2 nitrogen and oxygen atoms in total. The van der Waals surface area contributed by atoms with E-state index >= 15 is 0 Å². The summed E-state index contributed by atoms with van der Waals surface area (Å²) in [6, 6.07) is 2.36. The third-order valence-electron chi connectivity index (χ3n) is 3.42. The molecule has 0 aromatic heterocycles. The van der Waals surface area contributed by atoms with E-state index in [0.717, 1.165) is 0 Å². The number of rotatable bonds is 2. The molecular weight excluding hydrogens is 184 g/mol. The van der Waals surface area contributed by atoms with E-state index in [1.54, 1.807) is 0 Å². The lowest BCUT2D eigenvalue weighted by molar-refractivity contribution is 0.0693. The van der Waals surface area contributed by atoms with Crippen LogP contribution in [0.2, 0.25) is 0 Å². The van der Waals surface area contributed by atoms with Crippen LogP contribution in [0, 0.1) is 17.2 Å². The summed E-state index contributed by atoms with van der Waals surface area (Å²) >= 11 is 0. The highest BCUT2D eigenvalue weighted by Crippen LogP contribution is 2.26. The first kappa shape index (κ1) is 14.5. The fraction of sp³-hybridized carbons (Fsp3) is 0.923. The minimum Gasteiger partial charge on any atom is -0.297 e. The second kappa shape index (κ2) is 6.85. The first-order valence-electron chi connectivity index (χ1n) is 6.23. The van der Waals surface area contributed by atoms with E-state index in [0.29, 0.717) is 0 Å². The van der Waals surface area contributed by atoms with Crippen LogP contribution >= 0.6 is 0 Å². The summed E-state index contributed by atoms with van der Waals surface area (Å²) in [7, 11) is 0. The van der Waals surface area contributed by atoms with Crippen molar-refractivity contribution >= 4 is 0 Å². The quantitative estimate of drug-likeness (QED) is 0.698. The number of likely N-dealkylation sites (tertiary alicyclic amines) is 1. The van der Waals surface area contributed by atoms with Crippen molar-refractivity contribution in [2.24, 2.45) is 5.92 Å². The average molecular weight is 210 g/mol. The van der Waals surface area contributed by atoms with Gasteiger partial charge in [-0.05, 0) is 46.7 Å². The molecule has 1 unspecified atom stereocenters. The van der Waals surface area contributed by atoms with Crippen LogP contribution in [-0.2, 0) is 0 Å². The first-order chi connectivity index (χ1) is 7.09. The fourth-order valence-electron chi connectivity index (χ4n) is 1.90. The van der Waals surface area contributed by atoms with Crippen molar-refractivity contribution in [3.05, 3.63) is 0 Å². The van der Waals surface area contributed by atoms with Gasteiger partial charge in [0, 0.05) is 5.54 Å². The zero-order chi connectivity index (χ0) is 11.9. The van der Waals surface area contributed by atoms with Gasteiger partial charge in [-0.3, -0.25) is 4.90 Å². The van der Waals surface area contributed by atoms with Gasteiger partial charge in [0.25, 0.3) is 0 Å². The zero-order valence-electron chi connectivity index (χ0n) is 11.0. The lowest BCUT2D eigenvalue weighted by Gasteiger charge is -2.42. The van der Waals surface area contributed by atoms with E-state index in [1.165, 1.54) is 32.4 Å². The molecule has 1 rings (SSSR count). The molecule has 15 heavy (non-hydrogen) atoms. The Morgan fingerprint density at radius 2 is 1.60 bits per heavy atom. The van der Waals surface area contributed by atoms with Gasteiger partial charge in [0.15, 0.2) is 0 Å². The van der Waals surface area contributed by atoms with Gasteiger partial charge in [0.2, 0.25) is 0 Å². The molecule has 0 bridgehead atoms. The molecule has 88 valence electrons. The first-order valence-corrected chi connectivity index (χ1v) is 6.23. The van der Waals surface area contributed by atoms with Gasteiger partial charge in [-0.15, -0.1) is 0 Å². The molecule has 0 aromatic carbocycles. The lowest BCUT2D eigenvalue weighted by atomic mass is 9.87. The average Bonchev–Trinajstić information content (AvgIpc) is 2.31. The van der Waals surface area contributed by atoms with Crippen molar-refractivity contribution in [2.45, 2.75) is 59.4 Å². The fourth-order valence-corrected chi connectivity index (χ4v) is 1.90. The van der Waals surface area contributed by atoms with E-state index in [2.05, 4.69) is 24.8 Å². The molecule has 0 spiro atoms. The molecule has 1 fully saturated rings. The molecule has 0 aromatic rings. The second-order valence-electron chi connectivity index (χ2n) is 4.55. The third kappa shape index (κ3) is 3.83.